The van der Waals surface area contributed by atoms with Gasteiger partial charge in [-0.3, -0.25) is 14.7 Å². The van der Waals surface area contributed by atoms with Gasteiger partial charge >= 0.3 is 0 Å². The Balaban J connectivity index is 1.73. The van der Waals surface area contributed by atoms with E-state index in [0.717, 1.165) is 33.7 Å². The van der Waals surface area contributed by atoms with Crippen molar-refractivity contribution in [2.24, 2.45) is 4.99 Å². The van der Waals surface area contributed by atoms with Gasteiger partial charge in [0.05, 0.1) is 17.4 Å². The SMILES string of the molecule is O=C1CN=C(c2ccccc2)c2cc(Cl)ccc2N1C(c1ccccc1)c1ccccc1. The normalized spacial score (nSPS) is 13.5. The summed E-state index contributed by atoms with van der Waals surface area (Å²) in [4.78, 5) is 20.2. The van der Waals surface area contributed by atoms with E-state index >= 15 is 0 Å². The van der Waals surface area contributed by atoms with Crippen LogP contribution in [0.5, 0.6) is 0 Å². The van der Waals surface area contributed by atoms with Gasteiger partial charge in [0.2, 0.25) is 5.91 Å². The number of benzene rings is 4. The molecule has 1 heterocycles. The van der Waals surface area contributed by atoms with Crippen molar-refractivity contribution < 1.29 is 4.79 Å². The van der Waals surface area contributed by atoms with Gasteiger partial charge < -0.3 is 0 Å². The highest BCUT2D eigenvalue weighted by molar-refractivity contribution is 6.32. The fourth-order valence-electron chi connectivity index (χ4n) is 4.24. The number of benzodiazepines with no additional fused rings is 1. The van der Waals surface area contributed by atoms with E-state index in [0.29, 0.717) is 5.02 Å². The molecular formula is C28H21ClN2O. The van der Waals surface area contributed by atoms with Crippen molar-refractivity contribution in [3.63, 3.8) is 0 Å². The second kappa shape index (κ2) is 8.81. The Morgan fingerprint density at radius 1 is 0.750 bits per heavy atom. The first-order valence-electron chi connectivity index (χ1n) is 10.5. The maximum Gasteiger partial charge on any atom is 0.249 e. The molecule has 0 fully saturated rings. The molecule has 0 aromatic heterocycles. The van der Waals surface area contributed by atoms with Crippen molar-refractivity contribution >= 4 is 28.9 Å². The van der Waals surface area contributed by atoms with Crippen LogP contribution in [0.4, 0.5) is 5.69 Å². The van der Waals surface area contributed by atoms with Crippen molar-refractivity contribution in [3.05, 3.63) is 136 Å². The van der Waals surface area contributed by atoms with Crippen LogP contribution in [0.25, 0.3) is 0 Å². The van der Waals surface area contributed by atoms with Crippen LogP contribution in [0.3, 0.4) is 0 Å². The van der Waals surface area contributed by atoms with Gasteiger partial charge in [-0.1, -0.05) is 103 Å². The fraction of sp³-hybridized carbons (Fsp3) is 0.0714. The first-order chi connectivity index (χ1) is 15.7. The minimum Gasteiger partial charge on any atom is -0.298 e. The molecule has 0 saturated carbocycles. The molecule has 0 radical (unpaired) electrons. The van der Waals surface area contributed by atoms with Gasteiger partial charge in [0.1, 0.15) is 6.54 Å². The van der Waals surface area contributed by atoms with Crippen molar-refractivity contribution in [1.82, 2.24) is 0 Å². The summed E-state index contributed by atoms with van der Waals surface area (Å²) in [6.07, 6.45) is 0. The minimum atomic E-state index is -0.282. The highest BCUT2D eigenvalue weighted by Gasteiger charge is 2.32. The standard InChI is InChI=1S/C28H21ClN2O/c29-23-16-17-25-24(18-23)27(20-10-4-1-5-11-20)30-19-26(32)31(25)28(21-12-6-2-7-13-21)22-14-8-3-9-15-22/h1-18,28H,19H2. The second-order valence-corrected chi connectivity index (χ2v) is 8.12. The third-order valence-corrected chi connectivity index (χ3v) is 5.89. The first-order valence-corrected chi connectivity index (χ1v) is 10.9. The summed E-state index contributed by atoms with van der Waals surface area (Å²) in [6.45, 7) is 0.0622. The lowest BCUT2D eigenvalue weighted by atomic mass is 9.94. The zero-order valence-electron chi connectivity index (χ0n) is 17.4. The summed E-state index contributed by atoms with van der Waals surface area (Å²) >= 11 is 6.42. The van der Waals surface area contributed by atoms with Gasteiger partial charge in [0.25, 0.3) is 0 Å². The van der Waals surface area contributed by atoms with Gasteiger partial charge in [-0.2, -0.15) is 0 Å². The van der Waals surface area contributed by atoms with E-state index in [2.05, 4.69) is 24.3 Å². The number of halogens is 1. The third kappa shape index (κ3) is 3.83. The number of aliphatic imine (C=N–C) groups is 1. The molecule has 0 saturated heterocycles. The number of carbonyl (C=O) groups is 1. The van der Waals surface area contributed by atoms with Crippen LogP contribution in [0.1, 0.15) is 28.3 Å². The Kier molecular flexibility index (Phi) is 5.57. The second-order valence-electron chi connectivity index (χ2n) is 7.68. The molecule has 1 aliphatic heterocycles. The van der Waals surface area contributed by atoms with Crippen LogP contribution < -0.4 is 4.90 Å². The van der Waals surface area contributed by atoms with E-state index in [9.17, 15) is 4.79 Å². The molecule has 0 unspecified atom stereocenters. The van der Waals surface area contributed by atoms with Crippen molar-refractivity contribution in [2.45, 2.75) is 6.04 Å². The number of hydrogen-bond acceptors (Lipinski definition) is 2. The van der Waals surface area contributed by atoms with Crippen LogP contribution in [0, 0.1) is 0 Å². The van der Waals surface area contributed by atoms with Crippen LogP contribution in [0.2, 0.25) is 5.02 Å². The Hall–Kier alpha value is -3.69. The van der Waals surface area contributed by atoms with Crippen molar-refractivity contribution in [2.75, 3.05) is 11.4 Å². The quantitative estimate of drug-likeness (QED) is 0.368. The molecule has 4 heteroatoms. The Labute approximate surface area is 192 Å². The van der Waals surface area contributed by atoms with Gasteiger partial charge in [-0.25, -0.2) is 0 Å². The molecule has 4 aromatic rings. The van der Waals surface area contributed by atoms with Crippen molar-refractivity contribution in [1.29, 1.82) is 0 Å². The summed E-state index contributed by atoms with van der Waals surface area (Å²) in [7, 11) is 0. The zero-order chi connectivity index (χ0) is 21.9. The molecule has 0 atom stereocenters. The highest BCUT2D eigenvalue weighted by Crippen LogP contribution is 2.38. The van der Waals surface area contributed by atoms with E-state index < -0.39 is 0 Å². The van der Waals surface area contributed by atoms with Gasteiger partial charge in [0.15, 0.2) is 0 Å². The van der Waals surface area contributed by atoms with E-state index in [1.165, 1.54) is 0 Å². The molecule has 1 amide bonds. The Bertz CT molecular complexity index is 1230. The van der Waals surface area contributed by atoms with Crippen LogP contribution in [0.15, 0.2) is 114 Å². The van der Waals surface area contributed by atoms with E-state index in [1.54, 1.807) is 0 Å². The number of amides is 1. The predicted molar refractivity (Wildman–Crippen MR) is 131 cm³/mol. The molecule has 32 heavy (non-hydrogen) atoms. The lowest BCUT2D eigenvalue weighted by molar-refractivity contribution is -0.117. The molecule has 0 bridgehead atoms. The summed E-state index contributed by atoms with van der Waals surface area (Å²) in [5.74, 6) is -0.0581. The molecule has 5 rings (SSSR count). The maximum atomic E-state index is 13.6. The molecule has 0 N–H and O–H groups in total. The largest absolute Gasteiger partial charge is 0.298 e. The van der Waals surface area contributed by atoms with E-state index in [1.807, 2.05) is 89.8 Å². The lowest BCUT2D eigenvalue weighted by Gasteiger charge is -2.33. The highest BCUT2D eigenvalue weighted by atomic mass is 35.5. The summed E-state index contributed by atoms with van der Waals surface area (Å²) in [5.41, 5.74) is 5.47. The van der Waals surface area contributed by atoms with Gasteiger partial charge in [-0.05, 0) is 29.3 Å². The summed E-state index contributed by atoms with van der Waals surface area (Å²) < 4.78 is 0. The molecule has 3 nitrogen and oxygen atoms in total. The number of nitrogens with zero attached hydrogens (tertiary/aromatic N) is 2. The fourth-order valence-corrected chi connectivity index (χ4v) is 4.41. The Morgan fingerprint density at radius 2 is 1.31 bits per heavy atom. The van der Waals surface area contributed by atoms with Gasteiger partial charge in [0, 0.05) is 16.1 Å². The monoisotopic (exact) mass is 436 g/mol. The number of carbonyl (C=O) groups excluding carboxylic acids is 1. The molecule has 0 spiro atoms. The molecule has 156 valence electrons. The van der Waals surface area contributed by atoms with Crippen LogP contribution in [-0.2, 0) is 4.79 Å². The van der Waals surface area contributed by atoms with Crippen molar-refractivity contribution in [3.8, 4) is 0 Å². The van der Waals surface area contributed by atoms with E-state index in [-0.39, 0.29) is 18.5 Å². The molecule has 1 aliphatic rings. The zero-order valence-corrected chi connectivity index (χ0v) is 18.1. The number of rotatable bonds is 4. The van der Waals surface area contributed by atoms with Gasteiger partial charge in [-0.15, -0.1) is 0 Å². The van der Waals surface area contributed by atoms with Crippen LogP contribution in [-0.4, -0.2) is 18.2 Å². The summed E-state index contributed by atoms with van der Waals surface area (Å²) in [5, 5.41) is 0.609. The molecular weight excluding hydrogens is 416 g/mol. The topological polar surface area (TPSA) is 32.7 Å². The average Bonchev–Trinajstić information content (AvgIpc) is 2.98. The smallest absolute Gasteiger partial charge is 0.249 e. The molecule has 4 aromatic carbocycles. The summed E-state index contributed by atoms with van der Waals surface area (Å²) in [6, 6.07) is 35.5. The number of fused-ring (bicyclic) bond motifs is 1. The minimum absolute atomic E-state index is 0.0581. The first kappa shape index (κ1) is 20.2. The van der Waals surface area contributed by atoms with Crippen LogP contribution >= 0.6 is 11.6 Å². The van der Waals surface area contributed by atoms with E-state index in [4.69, 9.17) is 16.6 Å². The molecule has 0 aliphatic carbocycles. The average molecular weight is 437 g/mol. The Morgan fingerprint density at radius 3 is 1.91 bits per heavy atom. The third-order valence-electron chi connectivity index (χ3n) is 5.65. The maximum absolute atomic E-state index is 13.6. The lowest BCUT2D eigenvalue weighted by Crippen LogP contribution is -2.37. The number of hydrogen-bond donors (Lipinski definition) is 0. The predicted octanol–water partition coefficient (Wildman–Crippen LogP) is 6.31. The number of anilines is 1.